The second kappa shape index (κ2) is 5.47. The molecule has 21 heavy (non-hydrogen) atoms. The summed E-state index contributed by atoms with van der Waals surface area (Å²) >= 11 is 2.27. The summed E-state index contributed by atoms with van der Waals surface area (Å²) < 4.78 is 6.00. The molecule has 3 aromatic rings. The Morgan fingerprint density at radius 1 is 1.48 bits per heavy atom. The van der Waals surface area contributed by atoms with Crippen LogP contribution in [0.25, 0.3) is 11.1 Å². The Labute approximate surface area is 127 Å². The lowest BCUT2D eigenvalue weighted by atomic mass is 10.3. The SMILES string of the molecule is C[C@H](O)c1cc([N+](=O)[O-])c(Sc2nc3ccccc3o2)s1. The van der Waals surface area contributed by atoms with Gasteiger partial charge in [0.1, 0.15) is 9.73 Å². The van der Waals surface area contributed by atoms with Crippen LogP contribution in [-0.2, 0) is 0 Å². The standard InChI is InChI=1S/C13H10N2O4S2/c1-7(16)11-6-9(15(17)18)12(20-11)21-13-14-8-4-2-3-5-10(8)19-13/h2-7,16H,1H3/t7-/m0/s1. The van der Waals surface area contributed by atoms with Gasteiger partial charge in [-0.15, -0.1) is 11.3 Å². The lowest BCUT2D eigenvalue weighted by Crippen LogP contribution is -1.87. The fraction of sp³-hybridized carbons (Fsp3) is 0.154. The smallest absolute Gasteiger partial charge is 0.294 e. The van der Waals surface area contributed by atoms with Gasteiger partial charge in [-0.05, 0) is 30.8 Å². The maximum Gasteiger partial charge on any atom is 0.294 e. The van der Waals surface area contributed by atoms with Crippen molar-refractivity contribution in [1.29, 1.82) is 0 Å². The van der Waals surface area contributed by atoms with Crippen molar-refractivity contribution in [3.8, 4) is 0 Å². The first-order valence-electron chi connectivity index (χ1n) is 6.04. The summed E-state index contributed by atoms with van der Waals surface area (Å²) in [5.41, 5.74) is 1.30. The first kappa shape index (κ1) is 14.1. The monoisotopic (exact) mass is 322 g/mol. The fourth-order valence-electron chi connectivity index (χ4n) is 1.76. The number of aliphatic hydroxyl groups is 1. The minimum atomic E-state index is -0.744. The Bertz CT molecular complexity index is 776. The first-order valence-corrected chi connectivity index (χ1v) is 7.67. The third-order valence-electron chi connectivity index (χ3n) is 2.76. The average Bonchev–Trinajstić information content (AvgIpc) is 3.02. The molecule has 0 saturated carbocycles. The van der Waals surface area contributed by atoms with Crippen LogP contribution in [0, 0.1) is 10.1 Å². The highest BCUT2D eigenvalue weighted by Gasteiger charge is 2.23. The number of hydrogen-bond donors (Lipinski definition) is 1. The molecule has 0 aliphatic rings. The van der Waals surface area contributed by atoms with Crippen LogP contribution >= 0.6 is 23.1 Å². The largest absolute Gasteiger partial charge is 0.431 e. The molecule has 6 nitrogen and oxygen atoms in total. The van der Waals surface area contributed by atoms with E-state index < -0.39 is 11.0 Å². The van der Waals surface area contributed by atoms with E-state index in [2.05, 4.69) is 4.98 Å². The van der Waals surface area contributed by atoms with Crippen LogP contribution < -0.4 is 0 Å². The lowest BCUT2D eigenvalue weighted by Gasteiger charge is -1.95. The number of nitro groups is 1. The number of thiophene rings is 1. The molecular formula is C13H10N2O4S2. The molecule has 0 bridgehead atoms. The highest BCUT2D eigenvalue weighted by molar-refractivity contribution is 8.01. The number of aromatic nitrogens is 1. The molecule has 0 fully saturated rings. The van der Waals surface area contributed by atoms with Gasteiger partial charge in [0, 0.05) is 10.9 Å². The normalized spacial score (nSPS) is 12.7. The molecule has 0 aliphatic carbocycles. The Balaban J connectivity index is 1.98. The number of rotatable bonds is 4. The van der Waals surface area contributed by atoms with Gasteiger partial charge in [-0.3, -0.25) is 10.1 Å². The van der Waals surface area contributed by atoms with Gasteiger partial charge in [0.25, 0.3) is 10.9 Å². The van der Waals surface area contributed by atoms with Crippen molar-refractivity contribution >= 4 is 39.9 Å². The predicted octanol–water partition coefficient (Wildman–Crippen LogP) is 4.00. The summed E-state index contributed by atoms with van der Waals surface area (Å²) in [5.74, 6) is 0. The van der Waals surface area contributed by atoms with Crippen molar-refractivity contribution in [1.82, 2.24) is 4.98 Å². The number of fused-ring (bicyclic) bond motifs is 1. The molecule has 0 saturated heterocycles. The fourth-order valence-corrected chi connectivity index (χ4v) is 3.90. The molecule has 8 heteroatoms. The molecule has 2 heterocycles. The Kier molecular flexibility index (Phi) is 3.66. The van der Waals surface area contributed by atoms with E-state index in [9.17, 15) is 15.2 Å². The van der Waals surface area contributed by atoms with E-state index in [1.807, 2.05) is 18.2 Å². The Morgan fingerprint density at radius 3 is 2.90 bits per heavy atom. The summed E-state index contributed by atoms with van der Waals surface area (Å²) in [6.07, 6.45) is -0.744. The zero-order valence-electron chi connectivity index (χ0n) is 10.8. The molecule has 0 radical (unpaired) electrons. The van der Waals surface area contributed by atoms with Gasteiger partial charge in [-0.1, -0.05) is 12.1 Å². The quantitative estimate of drug-likeness (QED) is 0.577. The van der Waals surface area contributed by atoms with Crippen molar-refractivity contribution in [2.45, 2.75) is 22.5 Å². The van der Waals surface area contributed by atoms with Crippen molar-refractivity contribution < 1.29 is 14.4 Å². The van der Waals surface area contributed by atoms with E-state index in [0.717, 1.165) is 11.8 Å². The average molecular weight is 322 g/mol. The van der Waals surface area contributed by atoms with Gasteiger partial charge in [-0.25, -0.2) is 4.98 Å². The lowest BCUT2D eigenvalue weighted by molar-refractivity contribution is -0.387. The third-order valence-corrected chi connectivity index (χ3v) is 5.09. The minimum absolute atomic E-state index is 0.0387. The van der Waals surface area contributed by atoms with E-state index in [1.54, 1.807) is 13.0 Å². The van der Waals surface area contributed by atoms with Gasteiger partial charge in [0.2, 0.25) is 0 Å². The topological polar surface area (TPSA) is 89.4 Å². The molecule has 1 N–H and O–H groups in total. The zero-order valence-corrected chi connectivity index (χ0v) is 12.5. The number of benzene rings is 1. The Hall–Kier alpha value is -1.90. The minimum Gasteiger partial charge on any atom is -0.431 e. The predicted molar refractivity (Wildman–Crippen MR) is 79.7 cm³/mol. The second-order valence-electron chi connectivity index (χ2n) is 4.30. The Morgan fingerprint density at radius 2 is 2.24 bits per heavy atom. The molecular weight excluding hydrogens is 312 g/mol. The molecule has 0 aliphatic heterocycles. The van der Waals surface area contributed by atoms with Crippen LogP contribution in [0.1, 0.15) is 17.9 Å². The summed E-state index contributed by atoms with van der Waals surface area (Å²) in [7, 11) is 0. The van der Waals surface area contributed by atoms with E-state index in [1.165, 1.54) is 17.4 Å². The molecule has 0 amide bonds. The zero-order chi connectivity index (χ0) is 15.0. The van der Waals surface area contributed by atoms with Gasteiger partial charge in [-0.2, -0.15) is 0 Å². The summed E-state index contributed by atoms with van der Waals surface area (Å²) in [4.78, 5) is 15.4. The van der Waals surface area contributed by atoms with Crippen molar-refractivity contribution in [2.75, 3.05) is 0 Å². The van der Waals surface area contributed by atoms with Crippen molar-refractivity contribution in [3.05, 3.63) is 45.3 Å². The van der Waals surface area contributed by atoms with Gasteiger partial charge >= 0.3 is 0 Å². The summed E-state index contributed by atoms with van der Waals surface area (Å²) in [6, 6.07) is 8.67. The van der Waals surface area contributed by atoms with Crippen LogP contribution in [0.5, 0.6) is 0 Å². The van der Waals surface area contributed by atoms with Crippen LogP contribution in [0.15, 0.2) is 44.2 Å². The first-order chi connectivity index (χ1) is 10.0. The molecule has 108 valence electrons. The number of nitrogens with zero attached hydrogens (tertiary/aromatic N) is 2. The number of para-hydroxylation sites is 2. The summed E-state index contributed by atoms with van der Waals surface area (Å²) in [5, 5.41) is 21.0. The van der Waals surface area contributed by atoms with Gasteiger partial charge in [0.05, 0.1) is 11.0 Å². The van der Waals surface area contributed by atoms with Crippen LogP contribution in [0.3, 0.4) is 0 Å². The highest BCUT2D eigenvalue weighted by atomic mass is 32.2. The number of oxazole rings is 1. The molecule has 0 unspecified atom stereocenters. The maximum atomic E-state index is 11.1. The number of aliphatic hydroxyl groups excluding tert-OH is 1. The molecule has 2 aromatic heterocycles. The van der Waals surface area contributed by atoms with Crippen molar-refractivity contribution in [3.63, 3.8) is 0 Å². The van der Waals surface area contributed by atoms with Gasteiger partial charge < -0.3 is 9.52 Å². The van der Waals surface area contributed by atoms with E-state index in [-0.39, 0.29) is 5.69 Å². The summed E-state index contributed by atoms with van der Waals surface area (Å²) in [6.45, 7) is 1.57. The van der Waals surface area contributed by atoms with Crippen LogP contribution in [-0.4, -0.2) is 15.0 Å². The molecule has 1 aromatic carbocycles. The molecule has 1 atom stereocenters. The second-order valence-corrected chi connectivity index (χ2v) is 6.61. The van der Waals surface area contributed by atoms with E-state index in [0.29, 0.717) is 25.4 Å². The van der Waals surface area contributed by atoms with E-state index >= 15 is 0 Å². The molecule has 3 rings (SSSR count). The number of hydrogen-bond acceptors (Lipinski definition) is 7. The molecule has 0 spiro atoms. The maximum absolute atomic E-state index is 11.1. The van der Waals surface area contributed by atoms with E-state index in [4.69, 9.17) is 4.42 Å². The van der Waals surface area contributed by atoms with Crippen molar-refractivity contribution in [2.24, 2.45) is 0 Å². The van der Waals surface area contributed by atoms with Gasteiger partial charge in [0.15, 0.2) is 5.58 Å². The highest BCUT2D eigenvalue weighted by Crippen LogP contribution is 2.43. The van der Waals surface area contributed by atoms with Crippen LogP contribution in [0.4, 0.5) is 5.69 Å². The third kappa shape index (κ3) is 2.78. The van der Waals surface area contributed by atoms with Crippen LogP contribution in [0.2, 0.25) is 0 Å².